The number of hydrogen-bond acceptors (Lipinski definition) is 3. The molecule has 0 aliphatic heterocycles. The van der Waals surface area contributed by atoms with Crippen molar-refractivity contribution in [3.05, 3.63) is 102 Å². The topological polar surface area (TPSA) is 61.4 Å². The highest BCUT2D eigenvalue weighted by Crippen LogP contribution is 2.28. The second kappa shape index (κ2) is 12.6. The van der Waals surface area contributed by atoms with Gasteiger partial charge in [-0.1, -0.05) is 74.5 Å². The number of nitrogens with one attached hydrogen (secondary N) is 2. The van der Waals surface area contributed by atoms with Gasteiger partial charge in [-0.3, -0.25) is 9.59 Å². The SMILES string of the molecule is CCN(CC)CCNC(=O)c1ccc(NC(=O)CC(c2ccccc2)c2ccccc2)cc1. The summed E-state index contributed by atoms with van der Waals surface area (Å²) < 4.78 is 0. The zero-order valence-corrected chi connectivity index (χ0v) is 19.5. The van der Waals surface area contributed by atoms with Gasteiger partial charge in [0.05, 0.1) is 0 Å². The van der Waals surface area contributed by atoms with Gasteiger partial charge in [-0.2, -0.15) is 0 Å². The minimum atomic E-state index is -0.103. The molecule has 0 atom stereocenters. The molecule has 5 nitrogen and oxygen atoms in total. The monoisotopic (exact) mass is 443 g/mol. The fourth-order valence-corrected chi connectivity index (χ4v) is 3.87. The van der Waals surface area contributed by atoms with E-state index in [0.29, 0.717) is 24.2 Å². The van der Waals surface area contributed by atoms with Gasteiger partial charge in [0.25, 0.3) is 5.91 Å². The van der Waals surface area contributed by atoms with E-state index in [1.807, 2.05) is 36.4 Å². The predicted molar refractivity (Wildman–Crippen MR) is 135 cm³/mol. The highest BCUT2D eigenvalue weighted by Gasteiger charge is 2.18. The Bertz CT molecular complexity index is 961. The third-order valence-corrected chi connectivity index (χ3v) is 5.83. The van der Waals surface area contributed by atoms with E-state index in [1.54, 1.807) is 24.3 Å². The predicted octanol–water partition coefficient (Wildman–Crippen LogP) is 4.92. The Balaban J connectivity index is 1.59. The van der Waals surface area contributed by atoms with Crippen LogP contribution in [0.1, 0.15) is 47.7 Å². The molecule has 0 bridgehead atoms. The second-order valence-corrected chi connectivity index (χ2v) is 7.99. The summed E-state index contributed by atoms with van der Waals surface area (Å²) in [6.45, 7) is 7.60. The van der Waals surface area contributed by atoms with E-state index < -0.39 is 0 Å². The molecule has 2 N–H and O–H groups in total. The molecular formula is C28H33N3O2. The van der Waals surface area contributed by atoms with E-state index in [0.717, 1.165) is 30.8 Å². The van der Waals surface area contributed by atoms with Crippen molar-refractivity contribution >= 4 is 17.5 Å². The average molecular weight is 444 g/mol. The van der Waals surface area contributed by atoms with Crippen LogP contribution in [0.2, 0.25) is 0 Å². The summed E-state index contributed by atoms with van der Waals surface area (Å²) in [5.41, 5.74) is 3.48. The molecule has 0 fully saturated rings. The summed E-state index contributed by atoms with van der Waals surface area (Å²) >= 11 is 0. The van der Waals surface area contributed by atoms with Crippen LogP contribution in [0, 0.1) is 0 Å². The number of carbonyl (C=O) groups is 2. The molecule has 3 rings (SSSR count). The number of rotatable bonds is 11. The Morgan fingerprint density at radius 3 is 1.85 bits per heavy atom. The maximum atomic E-state index is 12.9. The fraction of sp³-hybridized carbons (Fsp3) is 0.286. The minimum absolute atomic E-state index is 0.0248. The van der Waals surface area contributed by atoms with E-state index in [1.165, 1.54) is 0 Å². The first-order chi connectivity index (χ1) is 16.1. The number of carbonyl (C=O) groups excluding carboxylic acids is 2. The summed E-state index contributed by atoms with van der Waals surface area (Å²) in [6.07, 6.45) is 0.335. The van der Waals surface area contributed by atoms with Gasteiger partial charge < -0.3 is 15.5 Å². The third-order valence-electron chi connectivity index (χ3n) is 5.83. The maximum Gasteiger partial charge on any atom is 0.251 e. The summed E-state index contributed by atoms with van der Waals surface area (Å²) in [5.74, 6) is -0.194. The lowest BCUT2D eigenvalue weighted by molar-refractivity contribution is -0.116. The van der Waals surface area contributed by atoms with Gasteiger partial charge in [-0.05, 0) is 48.5 Å². The summed E-state index contributed by atoms with van der Waals surface area (Å²) in [7, 11) is 0. The number of likely N-dealkylation sites (N-methyl/N-ethyl adjacent to an activating group) is 1. The van der Waals surface area contributed by atoms with Gasteiger partial charge in [-0.25, -0.2) is 0 Å². The van der Waals surface area contributed by atoms with Crippen molar-refractivity contribution in [3.63, 3.8) is 0 Å². The van der Waals surface area contributed by atoms with Crippen molar-refractivity contribution in [2.75, 3.05) is 31.5 Å². The van der Waals surface area contributed by atoms with Crippen molar-refractivity contribution < 1.29 is 9.59 Å². The van der Waals surface area contributed by atoms with Crippen molar-refractivity contribution in [1.82, 2.24) is 10.2 Å². The van der Waals surface area contributed by atoms with Crippen molar-refractivity contribution in [3.8, 4) is 0 Å². The molecule has 0 unspecified atom stereocenters. The Kier molecular flexibility index (Phi) is 9.21. The molecule has 5 heteroatoms. The lowest BCUT2D eigenvalue weighted by Gasteiger charge is -2.18. The van der Waals surface area contributed by atoms with Crippen LogP contribution in [0.5, 0.6) is 0 Å². The number of benzene rings is 3. The molecule has 0 saturated carbocycles. The van der Waals surface area contributed by atoms with Crippen molar-refractivity contribution in [2.24, 2.45) is 0 Å². The molecule has 0 aromatic heterocycles. The zero-order valence-electron chi connectivity index (χ0n) is 19.5. The zero-order chi connectivity index (χ0) is 23.5. The highest BCUT2D eigenvalue weighted by molar-refractivity contribution is 5.96. The van der Waals surface area contributed by atoms with Crippen molar-refractivity contribution in [1.29, 1.82) is 0 Å². The smallest absolute Gasteiger partial charge is 0.251 e. The summed E-state index contributed by atoms with van der Waals surface area (Å²) in [5, 5.41) is 5.93. The first-order valence-electron chi connectivity index (χ1n) is 11.6. The lowest BCUT2D eigenvalue weighted by Crippen LogP contribution is -2.34. The van der Waals surface area contributed by atoms with Crippen LogP contribution < -0.4 is 10.6 Å². The Hall–Kier alpha value is -3.44. The largest absolute Gasteiger partial charge is 0.351 e. The molecule has 172 valence electrons. The van der Waals surface area contributed by atoms with Gasteiger partial charge in [0.15, 0.2) is 0 Å². The third kappa shape index (κ3) is 7.29. The van der Waals surface area contributed by atoms with Crippen molar-refractivity contribution in [2.45, 2.75) is 26.2 Å². The minimum Gasteiger partial charge on any atom is -0.351 e. The van der Waals surface area contributed by atoms with Crippen LogP contribution in [0.25, 0.3) is 0 Å². The first kappa shape index (κ1) is 24.2. The molecule has 0 heterocycles. The van der Waals surface area contributed by atoms with E-state index in [4.69, 9.17) is 0 Å². The normalized spacial score (nSPS) is 10.9. The molecule has 33 heavy (non-hydrogen) atoms. The molecule has 0 spiro atoms. The Morgan fingerprint density at radius 1 is 0.788 bits per heavy atom. The molecule has 0 radical (unpaired) electrons. The molecule has 2 amide bonds. The molecule has 3 aromatic carbocycles. The molecule has 0 aliphatic carbocycles. The van der Waals surface area contributed by atoms with Crippen LogP contribution in [0.4, 0.5) is 5.69 Å². The van der Waals surface area contributed by atoms with Crippen LogP contribution in [0.3, 0.4) is 0 Å². The number of anilines is 1. The van der Waals surface area contributed by atoms with E-state index in [-0.39, 0.29) is 17.7 Å². The Labute approximate surface area is 196 Å². The van der Waals surface area contributed by atoms with E-state index >= 15 is 0 Å². The maximum absolute atomic E-state index is 12.9. The van der Waals surface area contributed by atoms with Gasteiger partial charge in [-0.15, -0.1) is 0 Å². The van der Waals surface area contributed by atoms with Gasteiger partial charge in [0.2, 0.25) is 5.91 Å². The van der Waals surface area contributed by atoms with Gasteiger partial charge >= 0.3 is 0 Å². The van der Waals surface area contributed by atoms with E-state index in [9.17, 15) is 9.59 Å². The van der Waals surface area contributed by atoms with Crippen LogP contribution in [-0.2, 0) is 4.79 Å². The van der Waals surface area contributed by atoms with Gasteiger partial charge in [0, 0.05) is 36.7 Å². The summed E-state index contributed by atoms with van der Waals surface area (Å²) in [6, 6.07) is 27.2. The van der Waals surface area contributed by atoms with Crippen LogP contribution in [-0.4, -0.2) is 42.9 Å². The van der Waals surface area contributed by atoms with Crippen LogP contribution >= 0.6 is 0 Å². The number of hydrogen-bond donors (Lipinski definition) is 2. The fourth-order valence-electron chi connectivity index (χ4n) is 3.87. The standard InChI is InChI=1S/C28H33N3O2/c1-3-31(4-2)20-19-29-28(33)24-15-17-25(18-16-24)30-27(32)21-26(22-11-7-5-8-12-22)23-13-9-6-10-14-23/h5-18,26H,3-4,19-21H2,1-2H3,(H,29,33)(H,30,32). The number of amides is 2. The van der Waals surface area contributed by atoms with E-state index in [2.05, 4.69) is 53.6 Å². The molecule has 0 saturated heterocycles. The molecule has 3 aromatic rings. The first-order valence-corrected chi connectivity index (χ1v) is 11.6. The average Bonchev–Trinajstić information content (AvgIpc) is 2.86. The van der Waals surface area contributed by atoms with Crippen LogP contribution in [0.15, 0.2) is 84.9 Å². The van der Waals surface area contributed by atoms with Gasteiger partial charge in [0.1, 0.15) is 0 Å². The highest BCUT2D eigenvalue weighted by atomic mass is 16.2. The quantitative estimate of drug-likeness (QED) is 0.442. The lowest BCUT2D eigenvalue weighted by atomic mass is 9.88. The Morgan fingerprint density at radius 2 is 1.33 bits per heavy atom. The summed E-state index contributed by atoms with van der Waals surface area (Å²) in [4.78, 5) is 27.5. The molecular weight excluding hydrogens is 410 g/mol. The number of nitrogens with zero attached hydrogens (tertiary/aromatic N) is 1. The molecule has 0 aliphatic rings. The second-order valence-electron chi connectivity index (χ2n) is 7.99.